The van der Waals surface area contributed by atoms with Crippen LogP contribution >= 0.6 is 11.6 Å². The number of fused-ring (bicyclic) bond motifs is 1. The van der Waals surface area contributed by atoms with Gasteiger partial charge in [-0.25, -0.2) is 0 Å². The lowest BCUT2D eigenvalue weighted by Gasteiger charge is -2.38. The Morgan fingerprint density at radius 1 is 1.29 bits per heavy atom. The number of nitro groups is 1. The first-order valence-electron chi connectivity index (χ1n) is 8.34. The van der Waals surface area contributed by atoms with Crippen molar-refractivity contribution >= 4 is 40.7 Å². The van der Waals surface area contributed by atoms with Gasteiger partial charge in [-0.2, -0.15) is 0 Å². The standard InChI is InChI=1S/C18H17ClN4O5/c1-10(16(24)20-12-6-4-11(19)5-7-12)22-15-13(28-18(2,3)17(22)25)8-9-14(21-15)23(26)27/h4-10H,1-3H3,(H,20,24). The highest BCUT2D eigenvalue weighted by Crippen LogP contribution is 2.38. The van der Waals surface area contributed by atoms with E-state index in [1.165, 1.54) is 19.1 Å². The van der Waals surface area contributed by atoms with Crippen molar-refractivity contribution in [2.75, 3.05) is 10.2 Å². The van der Waals surface area contributed by atoms with E-state index in [1.807, 2.05) is 0 Å². The number of pyridine rings is 1. The minimum Gasteiger partial charge on any atom is -0.472 e. The zero-order valence-electron chi connectivity index (χ0n) is 15.3. The fourth-order valence-corrected chi connectivity index (χ4v) is 2.87. The molecular weight excluding hydrogens is 388 g/mol. The highest BCUT2D eigenvalue weighted by Gasteiger charge is 2.47. The van der Waals surface area contributed by atoms with Crippen molar-refractivity contribution in [1.29, 1.82) is 0 Å². The number of hydrogen-bond donors (Lipinski definition) is 1. The van der Waals surface area contributed by atoms with E-state index in [0.29, 0.717) is 10.7 Å². The normalized spacial score (nSPS) is 16.0. The summed E-state index contributed by atoms with van der Waals surface area (Å²) in [7, 11) is 0. The molecule has 28 heavy (non-hydrogen) atoms. The average molecular weight is 405 g/mol. The zero-order valence-corrected chi connectivity index (χ0v) is 16.1. The maximum absolute atomic E-state index is 12.9. The Labute approximate surface area is 165 Å². The molecule has 1 atom stereocenters. The molecule has 1 aliphatic rings. The third-order valence-corrected chi connectivity index (χ3v) is 4.47. The molecular formula is C18H17ClN4O5. The Balaban J connectivity index is 1.97. The number of ether oxygens (including phenoxy) is 1. The van der Waals surface area contributed by atoms with Crippen molar-refractivity contribution in [3.63, 3.8) is 0 Å². The van der Waals surface area contributed by atoms with Crippen LogP contribution < -0.4 is 15.0 Å². The number of aromatic nitrogens is 1. The van der Waals surface area contributed by atoms with Crippen LogP contribution in [0.2, 0.25) is 5.02 Å². The SMILES string of the molecule is CC(C(=O)Nc1ccc(Cl)cc1)N1C(=O)C(C)(C)Oc2ccc([N+](=O)[O-])nc21. The molecule has 1 N–H and O–H groups in total. The van der Waals surface area contributed by atoms with Crippen molar-refractivity contribution < 1.29 is 19.2 Å². The third kappa shape index (κ3) is 3.61. The molecule has 1 aromatic carbocycles. The van der Waals surface area contributed by atoms with E-state index >= 15 is 0 Å². The van der Waals surface area contributed by atoms with E-state index in [4.69, 9.17) is 16.3 Å². The van der Waals surface area contributed by atoms with Crippen molar-refractivity contribution in [1.82, 2.24) is 4.98 Å². The van der Waals surface area contributed by atoms with Crippen molar-refractivity contribution in [2.24, 2.45) is 0 Å². The van der Waals surface area contributed by atoms with Crippen LogP contribution in [0.3, 0.4) is 0 Å². The third-order valence-electron chi connectivity index (χ3n) is 4.22. The van der Waals surface area contributed by atoms with Gasteiger partial charge in [0.15, 0.2) is 11.4 Å². The van der Waals surface area contributed by atoms with Crippen LogP contribution in [0.1, 0.15) is 20.8 Å². The van der Waals surface area contributed by atoms with Gasteiger partial charge in [0, 0.05) is 16.8 Å². The number of anilines is 2. The number of rotatable bonds is 4. The summed E-state index contributed by atoms with van der Waals surface area (Å²) in [5.41, 5.74) is -0.770. The Kier molecular flexibility index (Phi) is 4.95. The molecule has 0 radical (unpaired) electrons. The van der Waals surface area contributed by atoms with Crippen LogP contribution in [-0.4, -0.2) is 33.4 Å². The van der Waals surface area contributed by atoms with Crippen molar-refractivity contribution in [3.05, 3.63) is 51.5 Å². The minimum atomic E-state index is -1.26. The highest BCUT2D eigenvalue weighted by atomic mass is 35.5. The van der Waals surface area contributed by atoms with Gasteiger partial charge in [0.2, 0.25) is 5.91 Å². The number of nitrogens with zero attached hydrogens (tertiary/aromatic N) is 3. The first kappa shape index (κ1) is 19.6. The largest absolute Gasteiger partial charge is 0.472 e. The molecule has 2 heterocycles. The maximum atomic E-state index is 12.9. The number of amides is 2. The van der Waals surface area contributed by atoms with Crippen LogP contribution in [0.4, 0.5) is 17.3 Å². The van der Waals surface area contributed by atoms with Crippen LogP contribution in [0.15, 0.2) is 36.4 Å². The summed E-state index contributed by atoms with van der Waals surface area (Å²) >= 11 is 5.84. The molecule has 2 aromatic rings. The van der Waals surface area contributed by atoms with Crippen LogP contribution in [0, 0.1) is 10.1 Å². The van der Waals surface area contributed by atoms with Gasteiger partial charge in [0.05, 0.1) is 0 Å². The molecule has 9 nitrogen and oxygen atoms in total. The van der Waals surface area contributed by atoms with Crippen molar-refractivity contribution in [3.8, 4) is 5.75 Å². The number of nitrogens with one attached hydrogen (secondary N) is 1. The quantitative estimate of drug-likeness (QED) is 0.618. The van der Waals surface area contributed by atoms with Gasteiger partial charge in [-0.05, 0) is 61.0 Å². The summed E-state index contributed by atoms with van der Waals surface area (Å²) in [5, 5.41) is 14.3. The van der Waals surface area contributed by atoms with Gasteiger partial charge >= 0.3 is 5.82 Å². The lowest BCUT2D eigenvalue weighted by molar-refractivity contribution is -0.389. The molecule has 0 fully saturated rings. The van der Waals surface area contributed by atoms with E-state index in [1.54, 1.807) is 38.1 Å². The number of benzene rings is 1. The van der Waals surface area contributed by atoms with Crippen LogP contribution in [0.5, 0.6) is 5.75 Å². The number of halogens is 1. The molecule has 0 saturated heterocycles. The molecule has 0 spiro atoms. The van der Waals surface area contributed by atoms with Gasteiger partial charge < -0.3 is 20.2 Å². The lowest BCUT2D eigenvalue weighted by Crippen LogP contribution is -2.58. The molecule has 1 aliphatic heterocycles. The monoisotopic (exact) mass is 404 g/mol. The van der Waals surface area contributed by atoms with Crippen molar-refractivity contribution in [2.45, 2.75) is 32.4 Å². The second-order valence-electron chi connectivity index (χ2n) is 6.71. The van der Waals surface area contributed by atoms with E-state index in [-0.39, 0.29) is 11.6 Å². The fourth-order valence-electron chi connectivity index (χ4n) is 2.74. The molecule has 0 aliphatic carbocycles. The molecule has 1 aromatic heterocycles. The summed E-state index contributed by atoms with van der Waals surface area (Å²) in [6.07, 6.45) is 0. The Hall–Kier alpha value is -3.20. The first-order chi connectivity index (χ1) is 13.1. The minimum absolute atomic E-state index is 0.0720. The van der Waals surface area contributed by atoms with Gasteiger partial charge in [-0.3, -0.25) is 14.5 Å². The van der Waals surface area contributed by atoms with Gasteiger partial charge in [0.1, 0.15) is 6.04 Å². The smallest absolute Gasteiger partial charge is 0.366 e. The van der Waals surface area contributed by atoms with Gasteiger partial charge in [-0.1, -0.05) is 11.6 Å². The molecule has 3 rings (SSSR count). The molecule has 0 saturated carbocycles. The molecule has 146 valence electrons. The highest BCUT2D eigenvalue weighted by molar-refractivity contribution is 6.30. The Morgan fingerprint density at radius 3 is 2.54 bits per heavy atom. The average Bonchev–Trinajstić information content (AvgIpc) is 2.63. The molecule has 10 heteroatoms. The first-order valence-corrected chi connectivity index (χ1v) is 8.72. The number of carbonyl (C=O) groups is 2. The summed E-state index contributed by atoms with van der Waals surface area (Å²) in [6.45, 7) is 4.61. The summed E-state index contributed by atoms with van der Waals surface area (Å²) in [4.78, 5) is 41.1. The van der Waals surface area contributed by atoms with E-state index in [9.17, 15) is 19.7 Å². The summed E-state index contributed by atoms with van der Waals surface area (Å²) < 4.78 is 5.64. The number of hydrogen-bond acceptors (Lipinski definition) is 6. The summed E-state index contributed by atoms with van der Waals surface area (Å²) in [6, 6.07) is 8.02. The zero-order chi connectivity index (χ0) is 20.6. The summed E-state index contributed by atoms with van der Waals surface area (Å²) in [5.74, 6) is -1.37. The van der Waals surface area contributed by atoms with Crippen LogP contribution in [0.25, 0.3) is 0 Å². The second kappa shape index (κ2) is 7.08. The Morgan fingerprint density at radius 2 is 1.93 bits per heavy atom. The second-order valence-corrected chi connectivity index (χ2v) is 7.14. The lowest BCUT2D eigenvalue weighted by atomic mass is 10.0. The van der Waals surface area contributed by atoms with Crippen LogP contribution in [-0.2, 0) is 9.59 Å². The topological polar surface area (TPSA) is 115 Å². The predicted octanol–water partition coefficient (Wildman–Crippen LogP) is 3.17. The van der Waals surface area contributed by atoms with E-state index in [2.05, 4.69) is 10.3 Å². The molecule has 2 amide bonds. The van der Waals surface area contributed by atoms with Gasteiger partial charge in [0.25, 0.3) is 11.7 Å². The van der Waals surface area contributed by atoms with Gasteiger partial charge in [-0.15, -0.1) is 0 Å². The Bertz CT molecular complexity index is 961. The predicted molar refractivity (Wildman–Crippen MR) is 103 cm³/mol. The molecule has 1 unspecified atom stereocenters. The van der Waals surface area contributed by atoms with E-state index < -0.39 is 34.2 Å². The molecule has 0 bridgehead atoms. The number of carbonyl (C=O) groups excluding carboxylic acids is 2. The fraction of sp³-hybridized carbons (Fsp3) is 0.278. The van der Waals surface area contributed by atoms with E-state index in [0.717, 1.165) is 4.90 Å². The maximum Gasteiger partial charge on any atom is 0.366 e.